The van der Waals surface area contributed by atoms with Crippen LogP contribution in [0, 0.1) is 6.92 Å². The topological polar surface area (TPSA) is 58.1 Å². The maximum atomic E-state index is 12.5. The van der Waals surface area contributed by atoms with E-state index in [0.717, 1.165) is 43.7 Å². The zero-order chi connectivity index (χ0) is 16.2. The van der Waals surface area contributed by atoms with Gasteiger partial charge in [0.2, 0.25) is 5.95 Å². The summed E-state index contributed by atoms with van der Waals surface area (Å²) >= 11 is 0. The van der Waals surface area contributed by atoms with Gasteiger partial charge in [-0.05, 0) is 49.9 Å². The van der Waals surface area contributed by atoms with Crippen LogP contribution >= 0.6 is 0 Å². The molecule has 1 saturated heterocycles. The van der Waals surface area contributed by atoms with E-state index in [0.29, 0.717) is 11.6 Å². The number of hydrogen-bond acceptors (Lipinski definition) is 4. The number of aromatic nitrogens is 2. The van der Waals surface area contributed by atoms with Gasteiger partial charge in [0.15, 0.2) is 0 Å². The Kier molecular flexibility index (Phi) is 4.55. The van der Waals surface area contributed by atoms with Crippen molar-refractivity contribution in [2.45, 2.75) is 33.1 Å². The third-order valence-electron chi connectivity index (χ3n) is 4.08. The zero-order valence-corrected chi connectivity index (χ0v) is 13.7. The molecule has 1 aliphatic rings. The van der Waals surface area contributed by atoms with Crippen LogP contribution < -0.4 is 5.32 Å². The normalized spacial score (nSPS) is 14.1. The fourth-order valence-corrected chi connectivity index (χ4v) is 2.77. The smallest absolute Gasteiger partial charge is 0.272 e. The minimum absolute atomic E-state index is 0.00243. The van der Waals surface area contributed by atoms with Gasteiger partial charge in [-0.15, -0.1) is 0 Å². The summed E-state index contributed by atoms with van der Waals surface area (Å²) in [7, 11) is 0. The minimum atomic E-state index is -0.00243. The number of likely N-dealkylation sites (tertiary alicyclic amines) is 1. The van der Waals surface area contributed by atoms with Crippen molar-refractivity contribution in [3.63, 3.8) is 0 Å². The molecule has 3 rings (SSSR count). The first kappa shape index (κ1) is 15.5. The molecule has 0 saturated carbocycles. The van der Waals surface area contributed by atoms with E-state index in [1.165, 1.54) is 5.56 Å². The third-order valence-corrected chi connectivity index (χ3v) is 4.08. The van der Waals surface area contributed by atoms with Gasteiger partial charge in [0.1, 0.15) is 5.69 Å². The van der Waals surface area contributed by atoms with Gasteiger partial charge >= 0.3 is 0 Å². The second-order valence-corrected chi connectivity index (χ2v) is 5.89. The van der Waals surface area contributed by atoms with Crippen LogP contribution in [0.3, 0.4) is 0 Å². The van der Waals surface area contributed by atoms with Gasteiger partial charge in [-0.25, -0.2) is 9.97 Å². The fourth-order valence-electron chi connectivity index (χ4n) is 2.77. The third kappa shape index (κ3) is 3.67. The van der Waals surface area contributed by atoms with Crippen molar-refractivity contribution in [3.05, 3.63) is 47.3 Å². The maximum Gasteiger partial charge on any atom is 0.272 e. The van der Waals surface area contributed by atoms with Crippen LogP contribution in [0.15, 0.2) is 30.3 Å². The van der Waals surface area contributed by atoms with Crippen LogP contribution in [0.2, 0.25) is 0 Å². The number of rotatable bonds is 4. The Hall–Kier alpha value is -2.43. The molecule has 0 radical (unpaired) electrons. The first-order valence-electron chi connectivity index (χ1n) is 8.16. The van der Waals surface area contributed by atoms with Gasteiger partial charge in [-0.1, -0.05) is 19.1 Å². The van der Waals surface area contributed by atoms with Gasteiger partial charge in [0.25, 0.3) is 5.91 Å². The van der Waals surface area contributed by atoms with Gasteiger partial charge in [0, 0.05) is 24.5 Å². The molecular weight excluding hydrogens is 288 g/mol. The van der Waals surface area contributed by atoms with Crippen molar-refractivity contribution in [2.75, 3.05) is 18.4 Å². The lowest BCUT2D eigenvalue weighted by Crippen LogP contribution is -2.28. The van der Waals surface area contributed by atoms with Crippen molar-refractivity contribution in [1.82, 2.24) is 14.9 Å². The van der Waals surface area contributed by atoms with E-state index in [4.69, 9.17) is 0 Å². The van der Waals surface area contributed by atoms with E-state index in [2.05, 4.69) is 34.3 Å². The quantitative estimate of drug-likeness (QED) is 0.941. The fraction of sp³-hybridized carbons (Fsp3) is 0.389. The Morgan fingerprint density at radius 1 is 1.17 bits per heavy atom. The monoisotopic (exact) mass is 310 g/mol. The standard InChI is InChI=1S/C18H22N4O/c1-3-14-6-8-15(9-7-14)20-18-19-13(2)12-16(21-18)17(23)22-10-4-5-11-22/h6-9,12H,3-5,10-11H2,1-2H3,(H,19,20,21). The summed E-state index contributed by atoms with van der Waals surface area (Å²) in [4.78, 5) is 23.1. The lowest BCUT2D eigenvalue weighted by Gasteiger charge is -2.15. The van der Waals surface area contributed by atoms with Gasteiger partial charge in [-0.2, -0.15) is 0 Å². The lowest BCUT2D eigenvalue weighted by molar-refractivity contribution is 0.0787. The molecular formula is C18H22N4O. The Bertz CT molecular complexity index is 691. The minimum Gasteiger partial charge on any atom is -0.337 e. The molecule has 1 fully saturated rings. The van der Waals surface area contributed by atoms with Crippen molar-refractivity contribution >= 4 is 17.5 Å². The average molecular weight is 310 g/mol. The highest BCUT2D eigenvalue weighted by Crippen LogP contribution is 2.17. The van der Waals surface area contributed by atoms with E-state index in [1.54, 1.807) is 6.07 Å². The van der Waals surface area contributed by atoms with E-state index < -0.39 is 0 Å². The first-order valence-corrected chi connectivity index (χ1v) is 8.16. The average Bonchev–Trinajstić information content (AvgIpc) is 3.09. The number of carbonyl (C=O) groups excluding carboxylic acids is 1. The summed E-state index contributed by atoms with van der Waals surface area (Å²) in [5.41, 5.74) is 3.46. The van der Waals surface area contributed by atoms with E-state index >= 15 is 0 Å². The first-order chi connectivity index (χ1) is 11.2. The van der Waals surface area contributed by atoms with Crippen LogP contribution in [0.25, 0.3) is 0 Å². The van der Waals surface area contributed by atoms with Gasteiger partial charge in [-0.3, -0.25) is 4.79 Å². The molecule has 2 aromatic rings. The Balaban J connectivity index is 1.80. The number of carbonyl (C=O) groups is 1. The van der Waals surface area contributed by atoms with Crippen LogP contribution in [0.5, 0.6) is 0 Å². The molecule has 1 amide bonds. The molecule has 0 unspecified atom stereocenters. The van der Waals surface area contributed by atoms with E-state index in [1.807, 2.05) is 24.0 Å². The van der Waals surface area contributed by atoms with Crippen LogP contribution in [-0.2, 0) is 6.42 Å². The number of benzene rings is 1. The molecule has 0 spiro atoms. The number of nitrogens with one attached hydrogen (secondary N) is 1. The van der Waals surface area contributed by atoms with Gasteiger partial charge < -0.3 is 10.2 Å². The van der Waals surface area contributed by atoms with Crippen LogP contribution in [0.4, 0.5) is 11.6 Å². The maximum absolute atomic E-state index is 12.5. The summed E-state index contributed by atoms with van der Waals surface area (Å²) < 4.78 is 0. The number of anilines is 2. The van der Waals surface area contributed by atoms with Crippen molar-refractivity contribution < 1.29 is 4.79 Å². The Morgan fingerprint density at radius 2 is 1.87 bits per heavy atom. The molecule has 23 heavy (non-hydrogen) atoms. The second kappa shape index (κ2) is 6.77. The SMILES string of the molecule is CCc1ccc(Nc2nc(C)cc(C(=O)N3CCCC3)n2)cc1. The highest BCUT2D eigenvalue weighted by atomic mass is 16.2. The second-order valence-electron chi connectivity index (χ2n) is 5.89. The number of amides is 1. The summed E-state index contributed by atoms with van der Waals surface area (Å²) in [6.45, 7) is 5.66. The zero-order valence-electron chi connectivity index (χ0n) is 13.7. The van der Waals surface area contributed by atoms with Crippen molar-refractivity contribution in [2.24, 2.45) is 0 Å². The molecule has 2 heterocycles. The number of nitrogens with zero attached hydrogens (tertiary/aromatic N) is 3. The molecule has 0 bridgehead atoms. The molecule has 0 aliphatic carbocycles. The number of aryl methyl sites for hydroxylation is 2. The molecule has 1 aromatic heterocycles. The summed E-state index contributed by atoms with van der Waals surface area (Å²) in [6, 6.07) is 9.92. The van der Waals surface area contributed by atoms with Crippen molar-refractivity contribution in [1.29, 1.82) is 0 Å². The Labute approximate surface area is 136 Å². The van der Waals surface area contributed by atoms with Crippen LogP contribution in [0.1, 0.15) is 41.5 Å². The molecule has 1 aliphatic heterocycles. The highest BCUT2D eigenvalue weighted by Gasteiger charge is 2.21. The van der Waals surface area contributed by atoms with Crippen molar-refractivity contribution in [3.8, 4) is 0 Å². The summed E-state index contributed by atoms with van der Waals surface area (Å²) in [6.07, 6.45) is 3.16. The number of hydrogen-bond donors (Lipinski definition) is 1. The predicted octanol–water partition coefficient (Wildman–Crippen LogP) is 3.33. The molecule has 5 heteroatoms. The Morgan fingerprint density at radius 3 is 2.52 bits per heavy atom. The molecule has 120 valence electrons. The van der Waals surface area contributed by atoms with E-state index in [-0.39, 0.29) is 5.91 Å². The molecule has 1 aromatic carbocycles. The molecule has 5 nitrogen and oxygen atoms in total. The molecule has 0 atom stereocenters. The molecule has 1 N–H and O–H groups in total. The summed E-state index contributed by atoms with van der Waals surface area (Å²) in [5, 5.41) is 3.19. The summed E-state index contributed by atoms with van der Waals surface area (Å²) in [5.74, 6) is 0.467. The van der Waals surface area contributed by atoms with Gasteiger partial charge in [0.05, 0.1) is 0 Å². The van der Waals surface area contributed by atoms with E-state index in [9.17, 15) is 4.79 Å². The predicted molar refractivity (Wildman–Crippen MR) is 91.0 cm³/mol. The lowest BCUT2D eigenvalue weighted by atomic mass is 10.1. The largest absolute Gasteiger partial charge is 0.337 e. The van der Waals surface area contributed by atoms with Crippen LogP contribution in [-0.4, -0.2) is 33.9 Å². The highest BCUT2D eigenvalue weighted by molar-refractivity contribution is 5.92.